The Morgan fingerprint density at radius 2 is 1.14 bits per heavy atom. The SMILES string of the molecule is CC(C)(C)NC(=O)[C@@H]1[C@@H](C(=O)NC(C)(C)C)[C@H]2C=C[C@@H]1C2. The van der Waals surface area contributed by atoms with Crippen molar-refractivity contribution in [3.8, 4) is 0 Å². The molecule has 0 spiro atoms. The standard InChI is InChI=1S/C17H28N2O2/c1-16(2,3)18-14(20)12-10-7-8-11(9-10)13(12)15(21)19-17(4,5)6/h7-8,10-13H,9H2,1-6H3,(H,18,20)(H,19,21)/t10-,11+,12-,13-/m0/s1. The van der Waals surface area contributed by atoms with Crippen LogP contribution in [0, 0.1) is 23.7 Å². The van der Waals surface area contributed by atoms with Gasteiger partial charge in [-0.15, -0.1) is 0 Å². The predicted molar refractivity (Wildman–Crippen MR) is 83.5 cm³/mol. The first-order valence-corrected chi connectivity index (χ1v) is 7.80. The van der Waals surface area contributed by atoms with Gasteiger partial charge in [0.2, 0.25) is 11.8 Å². The lowest BCUT2D eigenvalue weighted by molar-refractivity contribution is -0.137. The molecule has 118 valence electrons. The van der Waals surface area contributed by atoms with E-state index in [1.165, 1.54) is 0 Å². The summed E-state index contributed by atoms with van der Waals surface area (Å²) in [5.41, 5.74) is -0.540. The number of carbonyl (C=O) groups excluding carboxylic acids is 2. The van der Waals surface area contributed by atoms with Crippen molar-refractivity contribution >= 4 is 11.8 Å². The van der Waals surface area contributed by atoms with Gasteiger partial charge in [0.25, 0.3) is 0 Å². The number of fused-ring (bicyclic) bond motifs is 2. The summed E-state index contributed by atoms with van der Waals surface area (Å²) in [6.07, 6.45) is 5.14. The van der Waals surface area contributed by atoms with E-state index in [0.29, 0.717) is 0 Å². The maximum Gasteiger partial charge on any atom is 0.224 e. The van der Waals surface area contributed by atoms with Crippen molar-refractivity contribution in [2.75, 3.05) is 0 Å². The maximum atomic E-state index is 12.6. The van der Waals surface area contributed by atoms with Crippen molar-refractivity contribution in [2.45, 2.75) is 59.0 Å². The Hall–Kier alpha value is -1.32. The van der Waals surface area contributed by atoms with Crippen LogP contribution in [0.3, 0.4) is 0 Å². The minimum atomic E-state index is -0.270. The van der Waals surface area contributed by atoms with E-state index in [0.717, 1.165) is 6.42 Å². The van der Waals surface area contributed by atoms with Crippen molar-refractivity contribution < 1.29 is 9.59 Å². The highest BCUT2D eigenvalue weighted by Crippen LogP contribution is 2.48. The molecule has 0 aliphatic heterocycles. The van der Waals surface area contributed by atoms with Gasteiger partial charge in [0.15, 0.2) is 0 Å². The van der Waals surface area contributed by atoms with Crippen LogP contribution in [-0.2, 0) is 9.59 Å². The molecule has 21 heavy (non-hydrogen) atoms. The van der Waals surface area contributed by atoms with Gasteiger partial charge < -0.3 is 10.6 Å². The molecule has 0 aromatic heterocycles. The van der Waals surface area contributed by atoms with Gasteiger partial charge in [-0.3, -0.25) is 9.59 Å². The topological polar surface area (TPSA) is 58.2 Å². The number of carbonyl (C=O) groups is 2. The fourth-order valence-corrected chi connectivity index (χ4v) is 3.44. The molecular weight excluding hydrogens is 264 g/mol. The van der Waals surface area contributed by atoms with Crippen LogP contribution < -0.4 is 10.6 Å². The van der Waals surface area contributed by atoms with E-state index >= 15 is 0 Å². The average Bonchev–Trinajstić information content (AvgIpc) is 2.82. The van der Waals surface area contributed by atoms with Crippen molar-refractivity contribution in [1.82, 2.24) is 10.6 Å². The average molecular weight is 292 g/mol. The van der Waals surface area contributed by atoms with Crippen molar-refractivity contribution in [3.63, 3.8) is 0 Å². The number of amides is 2. The fourth-order valence-electron chi connectivity index (χ4n) is 3.44. The minimum absolute atomic E-state index is 0.00779. The van der Waals surface area contributed by atoms with E-state index in [2.05, 4.69) is 22.8 Å². The summed E-state index contributed by atoms with van der Waals surface area (Å²) < 4.78 is 0. The monoisotopic (exact) mass is 292 g/mol. The number of nitrogens with one attached hydrogen (secondary N) is 2. The summed E-state index contributed by atoms with van der Waals surface area (Å²) in [6.45, 7) is 11.8. The summed E-state index contributed by atoms with van der Waals surface area (Å²) >= 11 is 0. The second-order valence-electron chi connectivity index (χ2n) is 8.48. The van der Waals surface area contributed by atoms with Gasteiger partial charge in [-0.1, -0.05) is 12.2 Å². The molecule has 2 aliphatic carbocycles. The van der Waals surface area contributed by atoms with Crippen LogP contribution in [0.1, 0.15) is 48.0 Å². The lowest BCUT2D eigenvalue weighted by Crippen LogP contribution is -2.51. The fraction of sp³-hybridized carbons (Fsp3) is 0.765. The molecule has 4 nitrogen and oxygen atoms in total. The summed E-state index contributed by atoms with van der Waals surface area (Å²) in [5.74, 6) is -0.0499. The zero-order valence-corrected chi connectivity index (χ0v) is 14.0. The van der Waals surface area contributed by atoms with Crippen molar-refractivity contribution in [3.05, 3.63) is 12.2 Å². The molecule has 0 aromatic rings. The lowest BCUT2D eigenvalue weighted by Gasteiger charge is -2.32. The van der Waals surface area contributed by atoms with E-state index in [1.54, 1.807) is 0 Å². The number of rotatable bonds is 2. The Morgan fingerprint density at radius 1 is 0.810 bits per heavy atom. The van der Waals surface area contributed by atoms with Crippen LogP contribution in [0.2, 0.25) is 0 Å². The molecule has 0 unspecified atom stereocenters. The Bertz CT molecular complexity index is 426. The largest absolute Gasteiger partial charge is 0.351 e. The molecule has 2 rings (SSSR count). The molecule has 1 fully saturated rings. The second-order valence-corrected chi connectivity index (χ2v) is 8.48. The van der Waals surface area contributed by atoms with Crippen LogP contribution in [0.15, 0.2) is 12.2 Å². The maximum absolute atomic E-state index is 12.6. The molecule has 2 N–H and O–H groups in total. The summed E-state index contributed by atoms with van der Waals surface area (Å²) in [5, 5.41) is 6.08. The zero-order chi connectivity index (χ0) is 16.0. The molecule has 1 saturated carbocycles. The van der Waals surface area contributed by atoms with Crippen molar-refractivity contribution in [2.24, 2.45) is 23.7 Å². The molecule has 0 aromatic carbocycles. The minimum Gasteiger partial charge on any atom is -0.351 e. The van der Waals surface area contributed by atoms with Crippen LogP contribution in [0.5, 0.6) is 0 Å². The number of hydrogen-bond acceptors (Lipinski definition) is 2. The molecule has 0 saturated heterocycles. The Balaban J connectivity index is 2.17. The molecule has 4 heteroatoms. The highest BCUT2D eigenvalue weighted by molar-refractivity contribution is 5.90. The van der Waals surface area contributed by atoms with Gasteiger partial charge in [0.1, 0.15) is 0 Å². The van der Waals surface area contributed by atoms with Gasteiger partial charge in [0, 0.05) is 11.1 Å². The van der Waals surface area contributed by atoms with Crippen LogP contribution in [-0.4, -0.2) is 22.9 Å². The van der Waals surface area contributed by atoms with Gasteiger partial charge in [-0.05, 0) is 59.8 Å². The molecule has 4 atom stereocenters. The zero-order valence-electron chi connectivity index (χ0n) is 14.0. The highest BCUT2D eigenvalue weighted by Gasteiger charge is 2.52. The first-order valence-electron chi connectivity index (χ1n) is 7.80. The second kappa shape index (κ2) is 5.15. The Labute approximate surface area is 127 Å². The summed E-state index contributed by atoms with van der Waals surface area (Å²) in [6, 6.07) is 0. The number of allylic oxidation sites excluding steroid dienone is 2. The van der Waals surface area contributed by atoms with Gasteiger partial charge in [-0.25, -0.2) is 0 Å². The molecular formula is C17H28N2O2. The Morgan fingerprint density at radius 3 is 1.43 bits per heavy atom. The molecule has 2 aliphatic rings. The van der Waals surface area contributed by atoms with Gasteiger partial charge in [0.05, 0.1) is 11.8 Å². The lowest BCUT2D eigenvalue weighted by atomic mass is 9.81. The Kier molecular flexibility index (Phi) is 3.94. The van der Waals surface area contributed by atoms with Crippen LogP contribution in [0.4, 0.5) is 0 Å². The normalized spacial score (nSPS) is 31.3. The van der Waals surface area contributed by atoms with E-state index in [9.17, 15) is 9.59 Å². The van der Waals surface area contributed by atoms with Crippen LogP contribution >= 0.6 is 0 Å². The third-order valence-corrected chi connectivity index (χ3v) is 4.06. The van der Waals surface area contributed by atoms with E-state index in [-0.39, 0.29) is 46.6 Å². The molecule has 2 amide bonds. The number of hydrogen-bond donors (Lipinski definition) is 2. The smallest absolute Gasteiger partial charge is 0.224 e. The first-order chi connectivity index (χ1) is 9.48. The van der Waals surface area contributed by atoms with Gasteiger partial charge >= 0.3 is 0 Å². The third kappa shape index (κ3) is 3.66. The molecule has 2 bridgehead atoms. The highest BCUT2D eigenvalue weighted by atomic mass is 16.2. The van der Waals surface area contributed by atoms with Gasteiger partial charge in [-0.2, -0.15) is 0 Å². The molecule has 0 radical (unpaired) electrons. The van der Waals surface area contributed by atoms with Crippen molar-refractivity contribution in [1.29, 1.82) is 0 Å². The first kappa shape index (κ1) is 16.1. The summed E-state index contributed by atoms with van der Waals surface area (Å²) in [4.78, 5) is 25.2. The third-order valence-electron chi connectivity index (χ3n) is 4.06. The quantitative estimate of drug-likeness (QED) is 0.767. The van der Waals surface area contributed by atoms with E-state index in [4.69, 9.17) is 0 Å². The predicted octanol–water partition coefficient (Wildman–Crippen LogP) is 2.25. The summed E-state index contributed by atoms with van der Waals surface area (Å²) in [7, 11) is 0. The van der Waals surface area contributed by atoms with E-state index < -0.39 is 0 Å². The van der Waals surface area contributed by atoms with E-state index in [1.807, 2.05) is 41.5 Å². The van der Waals surface area contributed by atoms with Crippen LogP contribution in [0.25, 0.3) is 0 Å². The molecule has 0 heterocycles.